The maximum atomic E-state index is 12.3. The number of hydrogen-bond acceptors (Lipinski definition) is 4. The van der Waals surface area contributed by atoms with Gasteiger partial charge in [-0.3, -0.25) is 9.69 Å². The van der Waals surface area contributed by atoms with Gasteiger partial charge in [-0.15, -0.1) is 0 Å². The van der Waals surface area contributed by atoms with Gasteiger partial charge in [-0.2, -0.15) is 0 Å². The molecule has 2 rings (SSSR count). The molecule has 25 heavy (non-hydrogen) atoms. The molecule has 5 nitrogen and oxygen atoms in total. The van der Waals surface area contributed by atoms with Crippen LogP contribution in [0.25, 0.3) is 0 Å². The highest BCUT2D eigenvalue weighted by Gasteiger charge is 2.30. The quantitative estimate of drug-likeness (QED) is 0.780. The molecule has 1 amide bonds. The molecule has 1 N–H and O–H groups in total. The van der Waals surface area contributed by atoms with Crippen LogP contribution < -0.4 is 10.1 Å². The highest BCUT2D eigenvalue weighted by molar-refractivity contribution is 5.97. The van der Waals surface area contributed by atoms with E-state index in [2.05, 4.69) is 17.1 Å². The molecular weight excluding hydrogens is 316 g/mol. The van der Waals surface area contributed by atoms with Gasteiger partial charge in [0.2, 0.25) is 0 Å². The zero-order valence-corrected chi connectivity index (χ0v) is 16.0. The SMILES string of the molecule is CC[C@](C)(OC)C(=O)Nc1ccc(OCCN2CCC(C)CC2)cc1. The predicted octanol–water partition coefficient (Wildman–Crippen LogP) is 3.55. The number of carbonyl (C=O) groups is 1. The number of benzene rings is 1. The summed E-state index contributed by atoms with van der Waals surface area (Å²) in [6.07, 6.45) is 3.19. The molecule has 1 fully saturated rings. The predicted molar refractivity (Wildman–Crippen MR) is 101 cm³/mol. The zero-order chi connectivity index (χ0) is 18.3. The molecule has 0 aliphatic carbocycles. The van der Waals surface area contributed by atoms with Gasteiger partial charge in [0.1, 0.15) is 18.0 Å². The largest absolute Gasteiger partial charge is 0.492 e. The molecule has 0 radical (unpaired) electrons. The molecule has 0 saturated carbocycles. The van der Waals surface area contributed by atoms with E-state index in [1.807, 2.05) is 31.2 Å². The molecule has 1 aromatic rings. The van der Waals surface area contributed by atoms with Crippen LogP contribution >= 0.6 is 0 Å². The fourth-order valence-electron chi connectivity index (χ4n) is 2.87. The Balaban J connectivity index is 1.77. The molecule has 1 saturated heterocycles. The summed E-state index contributed by atoms with van der Waals surface area (Å²) >= 11 is 0. The average Bonchev–Trinajstić information content (AvgIpc) is 2.64. The smallest absolute Gasteiger partial charge is 0.256 e. The van der Waals surface area contributed by atoms with Crippen molar-refractivity contribution >= 4 is 11.6 Å². The minimum Gasteiger partial charge on any atom is -0.492 e. The van der Waals surface area contributed by atoms with Gasteiger partial charge in [-0.1, -0.05) is 13.8 Å². The Labute approximate surface area is 151 Å². The zero-order valence-electron chi connectivity index (χ0n) is 16.0. The highest BCUT2D eigenvalue weighted by Crippen LogP contribution is 2.20. The highest BCUT2D eigenvalue weighted by atomic mass is 16.5. The van der Waals surface area contributed by atoms with Crippen molar-refractivity contribution < 1.29 is 14.3 Å². The number of rotatable bonds is 8. The topological polar surface area (TPSA) is 50.8 Å². The van der Waals surface area contributed by atoms with Gasteiger partial charge < -0.3 is 14.8 Å². The third-order valence-electron chi connectivity index (χ3n) is 5.27. The van der Waals surface area contributed by atoms with Crippen LogP contribution in [0.1, 0.15) is 40.0 Å². The van der Waals surface area contributed by atoms with E-state index in [9.17, 15) is 4.79 Å². The summed E-state index contributed by atoms with van der Waals surface area (Å²) in [4.78, 5) is 14.7. The monoisotopic (exact) mass is 348 g/mol. The first-order valence-electron chi connectivity index (χ1n) is 9.28. The van der Waals surface area contributed by atoms with Gasteiger partial charge in [0.05, 0.1) is 0 Å². The second-order valence-corrected chi connectivity index (χ2v) is 7.14. The van der Waals surface area contributed by atoms with Crippen LogP contribution in [-0.4, -0.2) is 49.8 Å². The normalized spacial score (nSPS) is 18.6. The van der Waals surface area contributed by atoms with Crippen LogP contribution in [0, 0.1) is 5.92 Å². The van der Waals surface area contributed by atoms with Crippen molar-refractivity contribution in [1.29, 1.82) is 0 Å². The van der Waals surface area contributed by atoms with E-state index >= 15 is 0 Å². The number of anilines is 1. The third kappa shape index (κ3) is 5.72. The Kier molecular flexibility index (Phi) is 7.26. The first kappa shape index (κ1) is 19.7. The fourth-order valence-corrected chi connectivity index (χ4v) is 2.87. The molecule has 1 heterocycles. The van der Waals surface area contributed by atoms with Crippen molar-refractivity contribution in [3.8, 4) is 5.75 Å². The Morgan fingerprint density at radius 3 is 2.48 bits per heavy atom. The number of carbonyl (C=O) groups excluding carboxylic acids is 1. The van der Waals surface area contributed by atoms with Crippen LogP contribution in [0.15, 0.2) is 24.3 Å². The Morgan fingerprint density at radius 1 is 1.28 bits per heavy atom. The number of ether oxygens (including phenoxy) is 2. The maximum absolute atomic E-state index is 12.3. The number of nitrogens with one attached hydrogen (secondary N) is 1. The summed E-state index contributed by atoms with van der Waals surface area (Å²) in [5.74, 6) is 1.55. The molecule has 1 aliphatic rings. The van der Waals surface area contributed by atoms with E-state index in [-0.39, 0.29) is 5.91 Å². The lowest BCUT2D eigenvalue weighted by Crippen LogP contribution is -2.41. The van der Waals surface area contributed by atoms with E-state index in [4.69, 9.17) is 9.47 Å². The lowest BCUT2D eigenvalue weighted by atomic mass is 9.99. The molecule has 1 aromatic carbocycles. The molecule has 1 atom stereocenters. The van der Waals surface area contributed by atoms with Gasteiger partial charge in [0.25, 0.3) is 5.91 Å². The first-order valence-corrected chi connectivity index (χ1v) is 9.28. The second-order valence-electron chi connectivity index (χ2n) is 7.14. The van der Waals surface area contributed by atoms with E-state index in [1.54, 1.807) is 14.0 Å². The Morgan fingerprint density at radius 2 is 1.92 bits per heavy atom. The molecule has 0 spiro atoms. The number of nitrogens with zero attached hydrogens (tertiary/aromatic N) is 1. The molecule has 5 heteroatoms. The summed E-state index contributed by atoms with van der Waals surface area (Å²) in [6.45, 7) is 10.1. The number of methoxy groups -OCH3 is 1. The van der Waals surface area contributed by atoms with Gasteiger partial charge >= 0.3 is 0 Å². The molecule has 1 aliphatic heterocycles. The lowest BCUT2D eigenvalue weighted by Gasteiger charge is -2.29. The van der Waals surface area contributed by atoms with Gasteiger partial charge in [0.15, 0.2) is 0 Å². The number of hydrogen-bond donors (Lipinski definition) is 1. The van der Waals surface area contributed by atoms with Crippen molar-refractivity contribution in [1.82, 2.24) is 4.90 Å². The van der Waals surface area contributed by atoms with E-state index in [0.29, 0.717) is 13.0 Å². The Bertz CT molecular complexity index is 532. The average molecular weight is 348 g/mol. The molecule has 140 valence electrons. The van der Waals surface area contributed by atoms with Crippen molar-refractivity contribution in [2.24, 2.45) is 5.92 Å². The third-order valence-corrected chi connectivity index (χ3v) is 5.27. The minimum atomic E-state index is -0.804. The number of piperidine rings is 1. The standard InChI is InChI=1S/C20H32N2O3/c1-5-20(3,24-4)19(23)21-17-6-8-18(9-7-17)25-15-14-22-12-10-16(2)11-13-22/h6-9,16H,5,10-15H2,1-4H3,(H,21,23)/t20-/m0/s1. The number of amides is 1. The van der Waals surface area contributed by atoms with Crippen molar-refractivity contribution in [3.05, 3.63) is 24.3 Å². The molecule has 0 unspecified atom stereocenters. The summed E-state index contributed by atoms with van der Waals surface area (Å²) < 4.78 is 11.1. The summed E-state index contributed by atoms with van der Waals surface area (Å²) in [5.41, 5.74) is -0.0553. The summed E-state index contributed by atoms with van der Waals surface area (Å²) in [7, 11) is 1.56. The van der Waals surface area contributed by atoms with Crippen LogP contribution in [0.3, 0.4) is 0 Å². The van der Waals surface area contributed by atoms with E-state index in [0.717, 1.165) is 23.9 Å². The number of likely N-dealkylation sites (tertiary alicyclic amines) is 1. The second kappa shape index (κ2) is 9.20. The van der Waals surface area contributed by atoms with Crippen LogP contribution in [0.2, 0.25) is 0 Å². The van der Waals surface area contributed by atoms with Crippen molar-refractivity contribution in [2.75, 3.05) is 38.7 Å². The van der Waals surface area contributed by atoms with Crippen molar-refractivity contribution in [3.63, 3.8) is 0 Å². The van der Waals surface area contributed by atoms with Gasteiger partial charge in [0, 0.05) is 19.3 Å². The van der Waals surface area contributed by atoms with E-state index in [1.165, 1.54) is 25.9 Å². The van der Waals surface area contributed by atoms with Crippen LogP contribution in [-0.2, 0) is 9.53 Å². The fraction of sp³-hybridized carbons (Fsp3) is 0.650. The minimum absolute atomic E-state index is 0.134. The summed E-state index contributed by atoms with van der Waals surface area (Å²) in [5, 5.41) is 2.90. The lowest BCUT2D eigenvalue weighted by molar-refractivity contribution is -0.136. The molecular formula is C20H32N2O3. The molecule has 0 bridgehead atoms. The maximum Gasteiger partial charge on any atom is 0.256 e. The van der Waals surface area contributed by atoms with Gasteiger partial charge in [-0.25, -0.2) is 0 Å². The molecule has 0 aromatic heterocycles. The van der Waals surface area contributed by atoms with Crippen LogP contribution in [0.4, 0.5) is 5.69 Å². The van der Waals surface area contributed by atoms with Gasteiger partial charge in [-0.05, 0) is 69.5 Å². The van der Waals surface area contributed by atoms with Crippen molar-refractivity contribution in [2.45, 2.75) is 45.6 Å². The summed E-state index contributed by atoms with van der Waals surface area (Å²) in [6, 6.07) is 7.51. The van der Waals surface area contributed by atoms with E-state index < -0.39 is 5.60 Å². The Hall–Kier alpha value is -1.59. The first-order chi connectivity index (χ1) is 12.0. The van der Waals surface area contributed by atoms with Crippen LogP contribution in [0.5, 0.6) is 5.75 Å².